The molecular formula is C16H25N. The second-order valence-electron chi connectivity index (χ2n) is 6.28. The van der Waals surface area contributed by atoms with Crippen LogP contribution in [0.3, 0.4) is 0 Å². The van der Waals surface area contributed by atoms with Gasteiger partial charge in [-0.15, -0.1) is 0 Å². The van der Waals surface area contributed by atoms with Crippen LogP contribution in [0.1, 0.15) is 51.2 Å². The fourth-order valence-electron chi connectivity index (χ4n) is 2.06. The van der Waals surface area contributed by atoms with Crippen LogP contribution < -0.4 is 5.32 Å². The van der Waals surface area contributed by atoms with E-state index in [9.17, 15) is 0 Å². The Hall–Kier alpha value is -0.820. The minimum absolute atomic E-state index is 0.270. The van der Waals surface area contributed by atoms with E-state index in [-0.39, 0.29) is 5.41 Å². The molecule has 0 saturated heterocycles. The third-order valence-corrected chi connectivity index (χ3v) is 3.47. The minimum atomic E-state index is 0.270. The van der Waals surface area contributed by atoms with Gasteiger partial charge >= 0.3 is 0 Å². The molecule has 0 spiro atoms. The van der Waals surface area contributed by atoms with Gasteiger partial charge in [-0.05, 0) is 48.8 Å². The molecule has 0 aromatic heterocycles. The van der Waals surface area contributed by atoms with E-state index in [0.717, 1.165) is 6.04 Å². The molecule has 0 radical (unpaired) electrons. The average Bonchev–Trinajstić information content (AvgIpc) is 3.08. The van der Waals surface area contributed by atoms with Crippen LogP contribution in [0.5, 0.6) is 0 Å². The molecule has 1 aromatic rings. The van der Waals surface area contributed by atoms with Gasteiger partial charge in [0.2, 0.25) is 0 Å². The summed E-state index contributed by atoms with van der Waals surface area (Å²) in [6, 6.07) is 9.99. The lowest BCUT2D eigenvalue weighted by atomic mass is 9.86. The van der Waals surface area contributed by atoms with Crippen molar-refractivity contribution >= 4 is 0 Å². The highest BCUT2D eigenvalue weighted by Crippen LogP contribution is 2.22. The first-order valence-electron chi connectivity index (χ1n) is 6.88. The maximum Gasteiger partial charge on any atom is 0.00682 e. The summed E-state index contributed by atoms with van der Waals surface area (Å²) in [5.41, 5.74) is 3.17. The Morgan fingerprint density at radius 3 is 2.29 bits per heavy atom. The number of rotatable bonds is 5. The van der Waals surface area contributed by atoms with E-state index in [2.05, 4.69) is 50.4 Å². The summed E-state index contributed by atoms with van der Waals surface area (Å²) >= 11 is 0. The fourth-order valence-corrected chi connectivity index (χ4v) is 2.06. The van der Waals surface area contributed by atoms with Gasteiger partial charge < -0.3 is 5.32 Å². The number of hydrogen-bond acceptors (Lipinski definition) is 1. The number of aryl methyl sites for hydroxylation is 1. The molecule has 0 heterocycles. The Labute approximate surface area is 106 Å². The van der Waals surface area contributed by atoms with Crippen molar-refractivity contribution in [3.63, 3.8) is 0 Å². The molecule has 1 saturated carbocycles. The molecule has 1 N–H and O–H groups in total. The van der Waals surface area contributed by atoms with E-state index in [0.29, 0.717) is 0 Å². The van der Waals surface area contributed by atoms with E-state index in [4.69, 9.17) is 0 Å². The summed E-state index contributed by atoms with van der Waals surface area (Å²) in [6.07, 6.45) is 5.23. The molecule has 2 rings (SSSR count). The van der Waals surface area contributed by atoms with E-state index < -0.39 is 0 Å². The molecule has 1 aliphatic carbocycles. The average molecular weight is 231 g/mol. The summed E-state index contributed by atoms with van der Waals surface area (Å²) in [5.74, 6) is 0. The van der Waals surface area contributed by atoms with Crippen molar-refractivity contribution in [3.8, 4) is 0 Å². The van der Waals surface area contributed by atoms with E-state index in [1.54, 1.807) is 0 Å². The molecule has 1 aliphatic rings. The predicted molar refractivity (Wildman–Crippen MR) is 74.5 cm³/mol. The van der Waals surface area contributed by atoms with Gasteiger partial charge in [-0.3, -0.25) is 0 Å². The maximum absolute atomic E-state index is 3.56. The molecule has 0 aliphatic heterocycles. The van der Waals surface area contributed by atoms with Gasteiger partial charge in [0.25, 0.3) is 0 Å². The predicted octanol–water partition coefficient (Wildman–Crippen LogP) is 3.67. The van der Waals surface area contributed by atoms with Crippen molar-refractivity contribution in [1.29, 1.82) is 0 Å². The van der Waals surface area contributed by atoms with Crippen LogP contribution in [0.25, 0.3) is 0 Å². The van der Waals surface area contributed by atoms with Gasteiger partial charge in [-0.2, -0.15) is 0 Å². The highest BCUT2D eigenvalue weighted by molar-refractivity contribution is 5.27. The van der Waals surface area contributed by atoms with Crippen LogP contribution in [0.4, 0.5) is 0 Å². The van der Waals surface area contributed by atoms with Crippen molar-refractivity contribution in [2.45, 2.75) is 57.9 Å². The van der Waals surface area contributed by atoms with Gasteiger partial charge in [0, 0.05) is 6.04 Å². The molecule has 1 aromatic carbocycles. The van der Waals surface area contributed by atoms with Crippen LogP contribution in [0.2, 0.25) is 0 Å². The zero-order chi connectivity index (χ0) is 12.3. The molecular weight excluding hydrogens is 206 g/mol. The van der Waals surface area contributed by atoms with Crippen molar-refractivity contribution < 1.29 is 0 Å². The molecule has 17 heavy (non-hydrogen) atoms. The quantitative estimate of drug-likeness (QED) is 0.762. The smallest absolute Gasteiger partial charge is 0.00682 e. The first kappa shape index (κ1) is 12.6. The Kier molecular flexibility index (Phi) is 3.88. The van der Waals surface area contributed by atoms with Crippen molar-refractivity contribution in [1.82, 2.24) is 5.32 Å². The SMILES string of the molecule is CC(C)(C)c1ccc(CCCNC2CC2)cc1. The summed E-state index contributed by atoms with van der Waals surface area (Å²) in [4.78, 5) is 0. The van der Waals surface area contributed by atoms with Crippen LogP contribution in [0.15, 0.2) is 24.3 Å². The third-order valence-electron chi connectivity index (χ3n) is 3.47. The maximum atomic E-state index is 3.56. The Morgan fingerprint density at radius 2 is 1.76 bits per heavy atom. The largest absolute Gasteiger partial charge is 0.314 e. The second-order valence-corrected chi connectivity index (χ2v) is 6.28. The molecule has 0 unspecified atom stereocenters. The highest BCUT2D eigenvalue weighted by Gasteiger charge is 2.19. The van der Waals surface area contributed by atoms with Crippen molar-refractivity contribution in [2.24, 2.45) is 0 Å². The molecule has 0 amide bonds. The molecule has 0 atom stereocenters. The third kappa shape index (κ3) is 4.16. The van der Waals surface area contributed by atoms with Gasteiger partial charge in [-0.1, -0.05) is 45.0 Å². The van der Waals surface area contributed by atoms with E-state index >= 15 is 0 Å². The Bertz CT molecular complexity index is 341. The van der Waals surface area contributed by atoms with Crippen molar-refractivity contribution in [3.05, 3.63) is 35.4 Å². The summed E-state index contributed by atoms with van der Waals surface area (Å²) in [5, 5.41) is 3.56. The van der Waals surface area contributed by atoms with Gasteiger partial charge in [0.1, 0.15) is 0 Å². The van der Waals surface area contributed by atoms with Gasteiger partial charge in [0.05, 0.1) is 0 Å². The topological polar surface area (TPSA) is 12.0 Å². The molecule has 1 fully saturated rings. The van der Waals surface area contributed by atoms with E-state index in [1.165, 1.54) is 43.4 Å². The van der Waals surface area contributed by atoms with Crippen LogP contribution in [-0.4, -0.2) is 12.6 Å². The lowest BCUT2D eigenvalue weighted by Crippen LogP contribution is -2.17. The Balaban J connectivity index is 1.76. The van der Waals surface area contributed by atoms with Crippen LogP contribution in [-0.2, 0) is 11.8 Å². The summed E-state index contributed by atoms with van der Waals surface area (Å²) in [6.45, 7) is 7.97. The first-order valence-corrected chi connectivity index (χ1v) is 6.88. The van der Waals surface area contributed by atoms with Gasteiger partial charge in [-0.25, -0.2) is 0 Å². The minimum Gasteiger partial charge on any atom is -0.314 e. The lowest BCUT2D eigenvalue weighted by molar-refractivity contribution is 0.589. The highest BCUT2D eigenvalue weighted by atomic mass is 14.9. The molecule has 0 bridgehead atoms. The van der Waals surface area contributed by atoms with E-state index in [1.807, 2.05) is 0 Å². The van der Waals surface area contributed by atoms with Gasteiger partial charge in [0.15, 0.2) is 0 Å². The molecule has 1 nitrogen and oxygen atoms in total. The number of nitrogens with one attached hydrogen (secondary N) is 1. The summed E-state index contributed by atoms with van der Waals surface area (Å²) < 4.78 is 0. The monoisotopic (exact) mass is 231 g/mol. The number of hydrogen-bond donors (Lipinski definition) is 1. The number of benzene rings is 1. The lowest BCUT2D eigenvalue weighted by Gasteiger charge is -2.19. The van der Waals surface area contributed by atoms with Crippen molar-refractivity contribution in [2.75, 3.05) is 6.54 Å². The second kappa shape index (κ2) is 5.22. The Morgan fingerprint density at radius 1 is 1.12 bits per heavy atom. The van der Waals surface area contributed by atoms with Crippen LogP contribution >= 0.6 is 0 Å². The zero-order valence-electron chi connectivity index (χ0n) is 11.4. The summed E-state index contributed by atoms with van der Waals surface area (Å²) in [7, 11) is 0. The van der Waals surface area contributed by atoms with Crippen LogP contribution in [0, 0.1) is 0 Å². The molecule has 1 heteroatoms. The normalized spacial score (nSPS) is 16.2. The standard InChI is InChI=1S/C16H25N/c1-16(2,3)14-8-6-13(7-9-14)5-4-12-17-15-10-11-15/h6-9,15,17H,4-5,10-12H2,1-3H3. The first-order chi connectivity index (χ1) is 8.05. The fraction of sp³-hybridized carbons (Fsp3) is 0.625. The zero-order valence-corrected chi connectivity index (χ0v) is 11.4. The molecule has 94 valence electrons.